The average Bonchev–Trinajstić information content (AvgIpc) is 3.50. The Balaban J connectivity index is 1.31. The average molecular weight is 623 g/mol. The van der Waals surface area contributed by atoms with E-state index in [2.05, 4.69) is 27.8 Å². The Labute approximate surface area is 269 Å². The van der Waals surface area contributed by atoms with Gasteiger partial charge in [-0.3, -0.25) is 4.79 Å². The second kappa shape index (κ2) is 14.7. The van der Waals surface area contributed by atoms with Crippen LogP contribution in [0.3, 0.4) is 0 Å². The fourth-order valence-electron chi connectivity index (χ4n) is 5.87. The minimum Gasteiger partial charge on any atom is -0.369 e. The van der Waals surface area contributed by atoms with E-state index in [1.54, 1.807) is 11.8 Å². The number of halogens is 1. The first kappa shape index (κ1) is 30.8. The maximum atomic E-state index is 12.5. The number of aromatic nitrogens is 3. The SMILES string of the molecule is CC(=O)N(CCNc1nc(-c2ccccc2)nc2[nH]c(C(CCc3cccc(Cl)c3)OC3CCNCC3)cc12)c1ccccc1. The lowest BCUT2D eigenvalue weighted by Crippen LogP contribution is -2.33. The van der Waals surface area contributed by atoms with Crippen molar-refractivity contribution in [2.24, 2.45) is 0 Å². The van der Waals surface area contributed by atoms with Crippen molar-refractivity contribution in [3.05, 3.63) is 107 Å². The molecule has 1 atom stereocenters. The summed E-state index contributed by atoms with van der Waals surface area (Å²) in [6, 6.07) is 29.8. The maximum Gasteiger partial charge on any atom is 0.223 e. The normalized spacial score (nSPS) is 14.4. The number of benzene rings is 3. The van der Waals surface area contributed by atoms with Crippen LogP contribution in [0.25, 0.3) is 22.4 Å². The molecule has 1 fully saturated rings. The summed E-state index contributed by atoms with van der Waals surface area (Å²) in [5.74, 6) is 1.33. The fourth-order valence-corrected chi connectivity index (χ4v) is 6.08. The lowest BCUT2D eigenvalue weighted by molar-refractivity contribution is -0.116. The van der Waals surface area contributed by atoms with Crippen LogP contribution >= 0.6 is 11.6 Å². The first-order valence-corrected chi connectivity index (χ1v) is 16.0. The van der Waals surface area contributed by atoms with Crippen molar-refractivity contribution in [3.8, 4) is 11.4 Å². The fraction of sp³-hybridized carbons (Fsp3) is 0.306. The molecule has 6 rings (SSSR count). The minimum absolute atomic E-state index is 0.0117. The zero-order chi connectivity index (χ0) is 31.0. The number of carbonyl (C=O) groups excluding carboxylic acids is 1. The van der Waals surface area contributed by atoms with Gasteiger partial charge in [-0.2, -0.15) is 0 Å². The van der Waals surface area contributed by atoms with Crippen LogP contribution < -0.4 is 15.5 Å². The molecule has 8 nitrogen and oxygen atoms in total. The molecule has 3 heterocycles. The van der Waals surface area contributed by atoms with Crippen molar-refractivity contribution in [2.75, 3.05) is 36.4 Å². The van der Waals surface area contributed by atoms with Gasteiger partial charge in [0.1, 0.15) is 11.5 Å². The molecule has 0 bridgehead atoms. The largest absolute Gasteiger partial charge is 0.369 e. The Morgan fingerprint density at radius 1 is 1.00 bits per heavy atom. The first-order valence-electron chi connectivity index (χ1n) is 15.7. The second-order valence-electron chi connectivity index (χ2n) is 11.4. The number of ether oxygens (including phenoxy) is 1. The minimum atomic E-state index is -0.152. The van der Waals surface area contributed by atoms with Crippen molar-refractivity contribution >= 4 is 40.0 Å². The summed E-state index contributed by atoms with van der Waals surface area (Å²) in [6.07, 6.45) is 3.61. The number of hydrogen-bond donors (Lipinski definition) is 3. The van der Waals surface area contributed by atoms with E-state index in [-0.39, 0.29) is 18.1 Å². The maximum absolute atomic E-state index is 12.5. The number of amides is 1. The van der Waals surface area contributed by atoms with Gasteiger partial charge < -0.3 is 25.3 Å². The van der Waals surface area contributed by atoms with Crippen LogP contribution in [0.5, 0.6) is 0 Å². The smallest absolute Gasteiger partial charge is 0.223 e. The molecule has 0 radical (unpaired) electrons. The second-order valence-corrected chi connectivity index (χ2v) is 11.9. The molecule has 3 aromatic carbocycles. The molecule has 9 heteroatoms. The van der Waals surface area contributed by atoms with E-state index in [9.17, 15) is 4.79 Å². The zero-order valence-corrected chi connectivity index (χ0v) is 26.3. The van der Waals surface area contributed by atoms with Gasteiger partial charge in [-0.05, 0) is 74.7 Å². The number of anilines is 2. The Hall–Kier alpha value is -4.24. The number of nitrogens with zero attached hydrogens (tertiary/aromatic N) is 3. The Kier molecular flexibility index (Phi) is 10.0. The lowest BCUT2D eigenvalue weighted by Gasteiger charge is -2.28. The summed E-state index contributed by atoms with van der Waals surface area (Å²) in [5, 5.41) is 8.58. The molecular formula is C36H39ClN6O2. The molecule has 0 saturated carbocycles. The zero-order valence-electron chi connectivity index (χ0n) is 25.5. The van der Waals surface area contributed by atoms with Crippen LogP contribution in [0.1, 0.15) is 43.5 Å². The van der Waals surface area contributed by atoms with Gasteiger partial charge in [-0.25, -0.2) is 9.97 Å². The van der Waals surface area contributed by atoms with Gasteiger partial charge in [-0.1, -0.05) is 72.3 Å². The lowest BCUT2D eigenvalue weighted by atomic mass is 10.0. The third kappa shape index (κ3) is 7.89. The van der Waals surface area contributed by atoms with E-state index in [0.29, 0.717) is 24.7 Å². The van der Waals surface area contributed by atoms with Crippen molar-refractivity contribution < 1.29 is 9.53 Å². The van der Waals surface area contributed by atoms with E-state index in [0.717, 1.165) is 71.8 Å². The van der Waals surface area contributed by atoms with E-state index >= 15 is 0 Å². The quantitative estimate of drug-likeness (QED) is 0.136. The predicted octanol–water partition coefficient (Wildman–Crippen LogP) is 7.19. The third-order valence-corrected chi connectivity index (χ3v) is 8.43. The summed E-state index contributed by atoms with van der Waals surface area (Å²) in [4.78, 5) is 27.8. The summed E-state index contributed by atoms with van der Waals surface area (Å²) in [6.45, 7) is 4.51. The molecule has 1 aliphatic rings. The number of carbonyl (C=O) groups is 1. The van der Waals surface area contributed by atoms with Crippen LogP contribution in [0, 0.1) is 0 Å². The molecule has 45 heavy (non-hydrogen) atoms. The molecule has 0 aliphatic carbocycles. The molecule has 3 N–H and O–H groups in total. The van der Waals surface area contributed by atoms with Gasteiger partial charge in [0.25, 0.3) is 0 Å². The number of para-hydroxylation sites is 1. The van der Waals surface area contributed by atoms with Crippen LogP contribution in [0.2, 0.25) is 5.02 Å². The van der Waals surface area contributed by atoms with Gasteiger partial charge >= 0.3 is 0 Å². The van der Waals surface area contributed by atoms with Gasteiger partial charge in [0.2, 0.25) is 5.91 Å². The molecule has 1 aliphatic heterocycles. The molecule has 1 unspecified atom stereocenters. The summed E-state index contributed by atoms with van der Waals surface area (Å²) in [5.41, 5.74) is 4.69. The number of nitrogens with one attached hydrogen (secondary N) is 3. The molecule has 5 aromatic rings. The number of fused-ring (bicyclic) bond motifs is 1. The Bertz CT molecular complexity index is 1710. The van der Waals surface area contributed by atoms with Crippen LogP contribution in [-0.4, -0.2) is 53.1 Å². The molecule has 0 spiro atoms. The highest BCUT2D eigenvalue weighted by Gasteiger charge is 2.24. The standard InChI is InChI=1S/C36H39ClN6O2/c1-25(44)43(29-13-6-3-7-14-29)22-21-39-35-31-24-32(40-36(31)42-34(41-35)27-10-4-2-5-11-27)33(45-30-17-19-38-20-18-30)16-15-26-9-8-12-28(37)23-26/h2-14,23-24,30,33,38H,15-22H2,1H3,(H2,39,40,41,42). The van der Waals surface area contributed by atoms with Crippen LogP contribution in [0.4, 0.5) is 11.5 Å². The number of aryl methyl sites for hydroxylation is 1. The predicted molar refractivity (Wildman–Crippen MR) is 182 cm³/mol. The number of hydrogen-bond acceptors (Lipinski definition) is 6. The van der Waals surface area contributed by atoms with Crippen molar-refractivity contribution in [3.63, 3.8) is 0 Å². The molecular weight excluding hydrogens is 584 g/mol. The first-order chi connectivity index (χ1) is 22.0. The molecule has 1 saturated heterocycles. The topological polar surface area (TPSA) is 95.2 Å². The number of aromatic amines is 1. The van der Waals surface area contributed by atoms with Gasteiger partial charge in [0.05, 0.1) is 17.6 Å². The summed E-state index contributed by atoms with van der Waals surface area (Å²) >= 11 is 6.29. The summed E-state index contributed by atoms with van der Waals surface area (Å²) < 4.78 is 6.78. The summed E-state index contributed by atoms with van der Waals surface area (Å²) in [7, 11) is 0. The highest BCUT2D eigenvalue weighted by atomic mass is 35.5. The highest BCUT2D eigenvalue weighted by molar-refractivity contribution is 6.30. The van der Waals surface area contributed by atoms with E-state index in [4.69, 9.17) is 26.3 Å². The van der Waals surface area contributed by atoms with E-state index < -0.39 is 0 Å². The number of rotatable bonds is 12. The Morgan fingerprint density at radius 3 is 2.49 bits per heavy atom. The monoisotopic (exact) mass is 622 g/mol. The molecule has 232 valence electrons. The third-order valence-electron chi connectivity index (χ3n) is 8.19. The van der Waals surface area contributed by atoms with Crippen molar-refractivity contribution in [1.82, 2.24) is 20.3 Å². The number of H-pyrrole nitrogens is 1. The van der Waals surface area contributed by atoms with Gasteiger partial charge in [-0.15, -0.1) is 0 Å². The van der Waals surface area contributed by atoms with Gasteiger partial charge in [0.15, 0.2) is 5.82 Å². The van der Waals surface area contributed by atoms with Crippen LogP contribution in [-0.2, 0) is 16.0 Å². The van der Waals surface area contributed by atoms with E-state index in [1.807, 2.05) is 78.9 Å². The molecule has 1 amide bonds. The van der Waals surface area contributed by atoms with Crippen LogP contribution in [0.15, 0.2) is 91.0 Å². The molecule has 2 aromatic heterocycles. The van der Waals surface area contributed by atoms with E-state index in [1.165, 1.54) is 5.56 Å². The van der Waals surface area contributed by atoms with Crippen molar-refractivity contribution in [2.45, 2.75) is 44.8 Å². The highest BCUT2D eigenvalue weighted by Crippen LogP contribution is 2.32. The number of piperidine rings is 1. The van der Waals surface area contributed by atoms with Gasteiger partial charge in [0, 0.05) is 42.0 Å². The Morgan fingerprint density at radius 2 is 1.76 bits per heavy atom. The van der Waals surface area contributed by atoms with Crippen molar-refractivity contribution in [1.29, 1.82) is 0 Å².